The molecule has 0 saturated carbocycles. The van der Waals surface area contributed by atoms with Gasteiger partial charge in [-0.1, -0.05) is 18.2 Å². The van der Waals surface area contributed by atoms with Crippen molar-refractivity contribution in [1.29, 1.82) is 0 Å². The van der Waals surface area contributed by atoms with Gasteiger partial charge in [0, 0.05) is 5.56 Å². The minimum absolute atomic E-state index is 0.281. The highest BCUT2D eigenvalue weighted by Crippen LogP contribution is 2.22. The molecule has 3 rings (SSSR count). The zero-order valence-corrected chi connectivity index (χ0v) is 15.6. The standard InChI is InChI=1S/C22H20O6/c1-25-18-7-9-19(10-8-18)27-14-22(24)28-13-21(23)17-4-3-16-12-20(26-2)6-5-15(16)11-17/h3-12H,13-14H2,1-2H3. The molecule has 144 valence electrons. The van der Waals surface area contributed by atoms with Crippen molar-refractivity contribution >= 4 is 22.5 Å². The lowest BCUT2D eigenvalue weighted by molar-refractivity contribution is -0.144. The summed E-state index contributed by atoms with van der Waals surface area (Å²) in [4.78, 5) is 24.1. The summed E-state index contributed by atoms with van der Waals surface area (Å²) < 4.78 is 20.6. The van der Waals surface area contributed by atoms with Crippen molar-refractivity contribution in [1.82, 2.24) is 0 Å². The van der Waals surface area contributed by atoms with Gasteiger partial charge in [0.2, 0.25) is 0 Å². The van der Waals surface area contributed by atoms with Crippen LogP contribution in [0.4, 0.5) is 0 Å². The lowest BCUT2D eigenvalue weighted by Gasteiger charge is -2.08. The first-order chi connectivity index (χ1) is 13.6. The Bertz CT molecular complexity index is 978. The number of ketones is 1. The van der Waals surface area contributed by atoms with E-state index in [1.165, 1.54) is 0 Å². The summed E-state index contributed by atoms with van der Waals surface area (Å²) in [5.74, 6) is 1.05. The summed E-state index contributed by atoms with van der Waals surface area (Å²) in [6.45, 7) is -0.621. The van der Waals surface area contributed by atoms with E-state index in [4.69, 9.17) is 18.9 Å². The first-order valence-corrected chi connectivity index (χ1v) is 8.62. The number of hydrogen-bond acceptors (Lipinski definition) is 6. The Labute approximate surface area is 162 Å². The average molecular weight is 380 g/mol. The van der Waals surface area contributed by atoms with Crippen molar-refractivity contribution < 1.29 is 28.5 Å². The summed E-state index contributed by atoms with van der Waals surface area (Å²) in [6.07, 6.45) is 0. The summed E-state index contributed by atoms with van der Waals surface area (Å²) in [6, 6.07) is 17.7. The first-order valence-electron chi connectivity index (χ1n) is 8.62. The number of Topliss-reactive ketones (excluding diaryl/α,β-unsaturated/α-hetero) is 1. The topological polar surface area (TPSA) is 71.1 Å². The van der Waals surface area contributed by atoms with Crippen LogP contribution in [0.2, 0.25) is 0 Å². The van der Waals surface area contributed by atoms with Crippen LogP contribution in [-0.4, -0.2) is 39.2 Å². The van der Waals surface area contributed by atoms with Crippen LogP contribution in [0.5, 0.6) is 17.2 Å². The van der Waals surface area contributed by atoms with Crippen LogP contribution in [0, 0.1) is 0 Å². The molecule has 28 heavy (non-hydrogen) atoms. The number of carbonyl (C=O) groups excluding carboxylic acids is 2. The highest BCUT2D eigenvalue weighted by atomic mass is 16.6. The second kappa shape index (κ2) is 8.90. The number of methoxy groups -OCH3 is 2. The predicted molar refractivity (Wildman–Crippen MR) is 104 cm³/mol. The minimum atomic E-state index is -0.616. The highest BCUT2D eigenvalue weighted by Gasteiger charge is 2.11. The molecule has 6 nitrogen and oxygen atoms in total. The SMILES string of the molecule is COc1ccc(OCC(=O)OCC(=O)c2ccc3cc(OC)ccc3c2)cc1. The second-order valence-electron chi connectivity index (χ2n) is 5.98. The van der Waals surface area contributed by atoms with Crippen molar-refractivity contribution in [3.8, 4) is 17.2 Å². The molecule has 0 aliphatic heterocycles. The minimum Gasteiger partial charge on any atom is -0.497 e. The van der Waals surface area contributed by atoms with E-state index in [2.05, 4.69) is 0 Å². The summed E-state index contributed by atoms with van der Waals surface area (Å²) in [5, 5.41) is 1.86. The summed E-state index contributed by atoms with van der Waals surface area (Å²) >= 11 is 0. The maximum atomic E-state index is 12.3. The van der Waals surface area contributed by atoms with E-state index < -0.39 is 5.97 Å². The Balaban J connectivity index is 1.52. The zero-order valence-electron chi connectivity index (χ0n) is 15.6. The molecular formula is C22H20O6. The van der Waals surface area contributed by atoms with Crippen molar-refractivity contribution in [2.24, 2.45) is 0 Å². The number of benzene rings is 3. The Morgan fingerprint density at radius 3 is 2.04 bits per heavy atom. The Kier molecular flexibility index (Phi) is 6.11. The van der Waals surface area contributed by atoms with Gasteiger partial charge in [-0.3, -0.25) is 4.79 Å². The third-order valence-corrected chi connectivity index (χ3v) is 4.15. The largest absolute Gasteiger partial charge is 0.497 e. The van der Waals surface area contributed by atoms with Gasteiger partial charge in [-0.05, 0) is 53.2 Å². The lowest BCUT2D eigenvalue weighted by Crippen LogP contribution is -2.19. The number of hydrogen-bond donors (Lipinski definition) is 0. The van der Waals surface area contributed by atoms with Crippen LogP contribution in [0.25, 0.3) is 10.8 Å². The van der Waals surface area contributed by atoms with E-state index in [1.54, 1.807) is 50.6 Å². The van der Waals surface area contributed by atoms with Gasteiger partial charge in [0.15, 0.2) is 19.0 Å². The van der Waals surface area contributed by atoms with Crippen LogP contribution in [0.15, 0.2) is 60.7 Å². The molecule has 0 atom stereocenters. The van der Waals surface area contributed by atoms with Crippen LogP contribution >= 0.6 is 0 Å². The molecule has 0 aromatic heterocycles. The summed E-state index contributed by atoms with van der Waals surface area (Å²) in [7, 11) is 3.17. The molecule has 0 amide bonds. The van der Waals surface area contributed by atoms with Gasteiger partial charge in [-0.2, -0.15) is 0 Å². The van der Waals surface area contributed by atoms with E-state index in [-0.39, 0.29) is 19.0 Å². The van der Waals surface area contributed by atoms with Crippen molar-refractivity contribution in [3.05, 3.63) is 66.2 Å². The Morgan fingerprint density at radius 1 is 0.714 bits per heavy atom. The molecule has 0 aliphatic carbocycles. The predicted octanol–water partition coefficient (Wildman–Crippen LogP) is 3.66. The molecule has 0 unspecified atom stereocenters. The van der Waals surface area contributed by atoms with Gasteiger partial charge in [0.1, 0.15) is 17.2 Å². The Hall–Kier alpha value is -3.54. The van der Waals surface area contributed by atoms with Crippen LogP contribution in [0.3, 0.4) is 0 Å². The smallest absolute Gasteiger partial charge is 0.344 e. The van der Waals surface area contributed by atoms with E-state index in [1.807, 2.05) is 24.3 Å². The number of esters is 1. The van der Waals surface area contributed by atoms with E-state index in [9.17, 15) is 9.59 Å². The van der Waals surface area contributed by atoms with Crippen LogP contribution in [0.1, 0.15) is 10.4 Å². The molecule has 0 bridgehead atoms. The van der Waals surface area contributed by atoms with Gasteiger partial charge < -0.3 is 18.9 Å². The van der Waals surface area contributed by atoms with Gasteiger partial charge in [-0.25, -0.2) is 4.79 Å². The fourth-order valence-electron chi connectivity index (χ4n) is 2.61. The van der Waals surface area contributed by atoms with Gasteiger partial charge in [0.25, 0.3) is 0 Å². The maximum Gasteiger partial charge on any atom is 0.344 e. The summed E-state index contributed by atoms with van der Waals surface area (Å²) in [5.41, 5.74) is 0.474. The number of fused-ring (bicyclic) bond motifs is 1. The fourth-order valence-corrected chi connectivity index (χ4v) is 2.61. The molecule has 0 aliphatic rings. The third-order valence-electron chi connectivity index (χ3n) is 4.15. The molecule has 0 radical (unpaired) electrons. The van der Waals surface area contributed by atoms with Crippen molar-refractivity contribution in [2.75, 3.05) is 27.4 Å². The number of ether oxygens (including phenoxy) is 4. The molecule has 0 spiro atoms. The molecule has 0 fully saturated rings. The molecule has 3 aromatic carbocycles. The average Bonchev–Trinajstić information content (AvgIpc) is 2.75. The van der Waals surface area contributed by atoms with E-state index in [0.717, 1.165) is 16.5 Å². The molecule has 3 aromatic rings. The molecule has 0 heterocycles. The normalized spacial score (nSPS) is 10.4. The second-order valence-corrected chi connectivity index (χ2v) is 5.98. The highest BCUT2D eigenvalue weighted by molar-refractivity contribution is 6.01. The van der Waals surface area contributed by atoms with Crippen molar-refractivity contribution in [2.45, 2.75) is 0 Å². The van der Waals surface area contributed by atoms with Crippen LogP contribution < -0.4 is 14.2 Å². The number of carbonyl (C=O) groups is 2. The van der Waals surface area contributed by atoms with Crippen molar-refractivity contribution in [3.63, 3.8) is 0 Å². The maximum absolute atomic E-state index is 12.3. The monoisotopic (exact) mass is 380 g/mol. The molecule has 6 heteroatoms. The fraction of sp³-hybridized carbons (Fsp3) is 0.182. The van der Waals surface area contributed by atoms with Crippen LogP contribution in [-0.2, 0) is 9.53 Å². The zero-order chi connectivity index (χ0) is 19.9. The first kappa shape index (κ1) is 19.2. The van der Waals surface area contributed by atoms with Gasteiger partial charge >= 0.3 is 5.97 Å². The Morgan fingerprint density at radius 2 is 1.32 bits per heavy atom. The lowest BCUT2D eigenvalue weighted by atomic mass is 10.0. The van der Waals surface area contributed by atoms with Gasteiger partial charge in [0.05, 0.1) is 14.2 Å². The van der Waals surface area contributed by atoms with E-state index in [0.29, 0.717) is 17.1 Å². The molecule has 0 N–H and O–H groups in total. The third kappa shape index (κ3) is 4.79. The molecule has 0 saturated heterocycles. The molecular weight excluding hydrogens is 360 g/mol. The van der Waals surface area contributed by atoms with Gasteiger partial charge in [-0.15, -0.1) is 0 Å². The quantitative estimate of drug-likeness (QED) is 0.439. The van der Waals surface area contributed by atoms with E-state index >= 15 is 0 Å². The number of rotatable bonds is 8.